The Labute approximate surface area is 201 Å². The van der Waals surface area contributed by atoms with Crippen LogP contribution in [0.15, 0.2) is 36.7 Å². The number of anilines is 1. The zero-order chi connectivity index (χ0) is 23.8. The van der Waals surface area contributed by atoms with Crippen LogP contribution < -0.4 is 10.1 Å². The van der Waals surface area contributed by atoms with Gasteiger partial charge in [-0.25, -0.2) is 9.97 Å². The summed E-state index contributed by atoms with van der Waals surface area (Å²) in [5.74, 6) is 1.61. The molecule has 1 saturated carbocycles. The minimum Gasteiger partial charge on any atom is -0.497 e. The van der Waals surface area contributed by atoms with Gasteiger partial charge in [0, 0.05) is 49.6 Å². The lowest BCUT2D eigenvalue weighted by Gasteiger charge is -2.33. The van der Waals surface area contributed by atoms with Gasteiger partial charge < -0.3 is 19.7 Å². The molecule has 1 aromatic carbocycles. The second-order valence-electron chi connectivity index (χ2n) is 9.04. The molecule has 1 aliphatic heterocycles. The van der Waals surface area contributed by atoms with Crippen molar-refractivity contribution in [2.45, 2.75) is 57.1 Å². The molecule has 0 bridgehead atoms. The van der Waals surface area contributed by atoms with Crippen LogP contribution in [0.3, 0.4) is 0 Å². The lowest BCUT2D eigenvalue weighted by molar-refractivity contribution is -0.138. The van der Waals surface area contributed by atoms with E-state index in [0.29, 0.717) is 25.5 Å². The predicted molar refractivity (Wildman–Crippen MR) is 129 cm³/mol. The van der Waals surface area contributed by atoms with E-state index in [9.17, 15) is 4.79 Å². The van der Waals surface area contributed by atoms with Crippen LogP contribution in [0.5, 0.6) is 5.75 Å². The summed E-state index contributed by atoms with van der Waals surface area (Å²) in [4.78, 5) is 24.0. The van der Waals surface area contributed by atoms with Gasteiger partial charge in [-0.2, -0.15) is 5.26 Å². The predicted octanol–water partition coefficient (Wildman–Crippen LogP) is 4.04. The van der Waals surface area contributed by atoms with Crippen molar-refractivity contribution in [2.24, 2.45) is 5.92 Å². The topological polar surface area (TPSA) is 100 Å². The first-order valence-corrected chi connectivity index (χ1v) is 12.2. The van der Waals surface area contributed by atoms with Gasteiger partial charge >= 0.3 is 0 Å². The lowest BCUT2D eigenvalue weighted by Crippen LogP contribution is -2.43. The second-order valence-corrected chi connectivity index (χ2v) is 9.04. The third-order valence-corrected chi connectivity index (χ3v) is 6.74. The molecule has 1 saturated heterocycles. The Morgan fingerprint density at radius 2 is 1.88 bits per heavy atom. The van der Waals surface area contributed by atoms with Crippen molar-refractivity contribution in [3.8, 4) is 22.9 Å². The molecule has 0 spiro atoms. The summed E-state index contributed by atoms with van der Waals surface area (Å²) in [7, 11) is 1.65. The zero-order valence-corrected chi connectivity index (χ0v) is 19.8. The quantitative estimate of drug-likeness (QED) is 0.599. The number of carbonyl (C=O) groups is 1. The van der Waals surface area contributed by atoms with Crippen LogP contribution in [0, 0.1) is 17.2 Å². The number of rotatable bonds is 9. The number of amides is 1. The molecule has 34 heavy (non-hydrogen) atoms. The SMILES string of the molecule is COc1ccc(-c2cnc(NC3CCC(C(=O)N(CCC#N)CC4CCCO4)CC3)nc2)cc1. The molecule has 1 aromatic heterocycles. The van der Waals surface area contributed by atoms with Gasteiger partial charge in [0.2, 0.25) is 11.9 Å². The van der Waals surface area contributed by atoms with Crippen LogP contribution in [0.25, 0.3) is 11.1 Å². The molecule has 8 nitrogen and oxygen atoms in total. The molecule has 2 aromatic rings. The maximum atomic E-state index is 13.2. The number of nitrogens with zero attached hydrogens (tertiary/aromatic N) is 4. The largest absolute Gasteiger partial charge is 0.497 e. The number of nitriles is 1. The summed E-state index contributed by atoms with van der Waals surface area (Å²) in [6, 6.07) is 10.2. The van der Waals surface area contributed by atoms with E-state index in [1.54, 1.807) is 7.11 Å². The van der Waals surface area contributed by atoms with E-state index in [1.807, 2.05) is 41.6 Å². The van der Waals surface area contributed by atoms with E-state index in [0.717, 1.165) is 62.0 Å². The number of hydrogen-bond acceptors (Lipinski definition) is 7. The van der Waals surface area contributed by atoms with Gasteiger partial charge in [-0.15, -0.1) is 0 Å². The molecule has 4 rings (SSSR count). The van der Waals surface area contributed by atoms with Gasteiger partial charge in [0.15, 0.2) is 0 Å². The first-order chi connectivity index (χ1) is 16.7. The van der Waals surface area contributed by atoms with Crippen LogP contribution in [0.4, 0.5) is 5.95 Å². The first kappa shape index (κ1) is 24.0. The number of benzene rings is 1. The summed E-state index contributed by atoms with van der Waals surface area (Å²) < 4.78 is 10.9. The number of carbonyl (C=O) groups excluding carboxylic acids is 1. The van der Waals surface area contributed by atoms with E-state index < -0.39 is 0 Å². The van der Waals surface area contributed by atoms with Gasteiger partial charge in [-0.1, -0.05) is 12.1 Å². The normalized spacial score (nSPS) is 22.1. The van der Waals surface area contributed by atoms with Crippen molar-refractivity contribution in [1.29, 1.82) is 5.26 Å². The molecular formula is C26H33N5O3. The molecule has 1 N–H and O–H groups in total. The molecule has 1 aliphatic carbocycles. The van der Waals surface area contributed by atoms with Crippen molar-refractivity contribution >= 4 is 11.9 Å². The van der Waals surface area contributed by atoms with Crippen LogP contribution in [-0.4, -0.2) is 59.7 Å². The Morgan fingerprint density at radius 3 is 2.50 bits per heavy atom. The van der Waals surface area contributed by atoms with E-state index in [4.69, 9.17) is 14.7 Å². The summed E-state index contributed by atoms with van der Waals surface area (Å²) in [6.45, 7) is 1.86. The fourth-order valence-corrected chi connectivity index (χ4v) is 4.77. The molecule has 1 unspecified atom stereocenters. The van der Waals surface area contributed by atoms with E-state index in [1.165, 1.54) is 0 Å². The highest BCUT2D eigenvalue weighted by molar-refractivity contribution is 5.79. The Morgan fingerprint density at radius 1 is 1.15 bits per heavy atom. The minimum absolute atomic E-state index is 0.0107. The summed E-state index contributed by atoms with van der Waals surface area (Å²) in [6.07, 6.45) is 9.60. The number of aromatic nitrogens is 2. The van der Waals surface area contributed by atoms with Gasteiger partial charge in [0.1, 0.15) is 5.75 Å². The fourth-order valence-electron chi connectivity index (χ4n) is 4.77. The first-order valence-electron chi connectivity index (χ1n) is 12.2. The van der Waals surface area contributed by atoms with Crippen molar-refractivity contribution in [1.82, 2.24) is 14.9 Å². The molecule has 0 radical (unpaired) electrons. The van der Waals surface area contributed by atoms with Crippen LogP contribution in [-0.2, 0) is 9.53 Å². The molecule has 2 heterocycles. The molecular weight excluding hydrogens is 430 g/mol. The van der Waals surface area contributed by atoms with Gasteiger partial charge in [-0.05, 0) is 56.2 Å². The maximum Gasteiger partial charge on any atom is 0.225 e. The Hall–Kier alpha value is -3.18. The standard InChI is InChI=1S/C26H33N5O3/c1-33-23-11-7-19(8-12-23)21-16-28-26(29-17-21)30-22-9-5-20(6-10-22)25(32)31(14-3-13-27)18-24-4-2-15-34-24/h7-8,11-12,16-17,20,22,24H,2-6,9-10,14-15,18H2,1H3,(H,28,29,30). The number of nitrogens with one attached hydrogen (secondary N) is 1. The Balaban J connectivity index is 1.28. The maximum absolute atomic E-state index is 13.2. The van der Waals surface area contributed by atoms with E-state index in [2.05, 4.69) is 21.4 Å². The molecule has 8 heteroatoms. The monoisotopic (exact) mass is 463 g/mol. The summed E-state index contributed by atoms with van der Waals surface area (Å²) in [5, 5.41) is 12.4. The molecule has 2 fully saturated rings. The summed E-state index contributed by atoms with van der Waals surface area (Å²) in [5.41, 5.74) is 1.99. The van der Waals surface area contributed by atoms with Crippen molar-refractivity contribution in [2.75, 3.05) is 32.1 Å². The third-order valence-electron chi connectivity index (χ3n) is 6.74. The summed E-state index contributed by atoms with van der Waals surface area (Å²) >= 11 is 0. The highest BCUT2D eigenvalue weighted by Gasteiger charge is 2.31. The zero-order valence-electron chi connectivity index (χ0n) is 19.8. The molecule has 2 aliphatic rings. The van der Waals surface area contributed by atoms with E-state index in [-0.39, 0.29) is 24.0 Å². The number of methoxy groups -OCH3 is 1. The third kappa shape index (κ3) is 6.23. The van der Waals surface area contributed by atoms with Crippen molar-refractivity contribution < 1.29 is 14.3 Å². The minimum atomic E-state index is 0.0107. The Bertz CT molecular complexity index is 959. The fraction of sp³-hybridized carbons (Fsp3) is 0.538. The van der Waals surface area contributed by atoms with Crippen LogP contribution in [0.1, 0.15) is 44.9 Å². The average molecular weight is 464 g/mol. The molecule has 1 atom stereocenters. The highest BCUT2D eigenvalue weighted by atomic mass is 16.5. The van der Waals surface area contributed by atoms with Crippen LogP contribution in [0.2, 0.25) is 0 Å². The Kier molecular flexibility index (Phi) is 8.31. The van der Waals surface area contributed by atoms with Crippen molar-refractivity contribution in [3.63, 3.8) is 0 Å². The average Bonchev–Trinajstić information content (AvgIpc) is 3.40. The lowest BCUT2D eigenvalue weighted by atomic mass is 9.85. The van der Waals surface area contributed by atoms with Crippen molar-refractivity contribution in [3.05, 3.63) is 36.7 Å². The van der Waals surface area contributed by atoms with Gasteiger partial charge in [0.25, 0.3) is 0 Å². The van der Waals surface area contributed by atoms with Crippen LogP contribution >= 0.6 is 0 Å². The second kappa shape index (κ2) is 11.8. The molecule has 180 valence electrons. The van der Waals surface area contributed by atoms with E-state index >= 15 is 0 Å². The number of ether oxygens (including phenoxy) is 2. The smallest absolute Gasteiger partial charge is 0.225 e. The number of hydrogen-bond donors (Lipinski definition) is 1. The van der Waals surface area contributed by atoms with Gasteiger partial charge in [-0.3, -0.25) is 4.79 Å². The molecule has 1 amide bonds. The van der Waals surface area contributed by atoms with Gasteiger partial charge in [0.05, 0.1) is 25.7 Å². The highest BCUT2D eigenvalue weighted by Crippen LogP contribution is 2.29.